The van der Waals surface area contributed by atoms with Crippen LogP contribution in [-0.4, -0.2) is 55.4 Å². The Morgan fingerprint density at radius 1 is 1.16 bits per heavy atom. The molecule has 0 aliphatic heterocycles. The second-order valence-corrected chi connectivity index (χ2v) is 10.6. The molecule has 7 nitrogen and oxygen atoms in total. The third-order valence-corrected chi connectivity index (χ3v) is 9.52. The Balaban J connectivity index is 1.67. The highest BCUT2D eigenvalue weighted by Crippen LogP contribution is 2.68. The van der Waals surface area contributed by atoms with Crippen molar-refractivity contribution in [2.24, 2.45) is 23.2 Å². The monoisotopic (exact) mass is 442 g/mol. The predicted octanol–water partition coefficient (Wildman–Crippen LogP) is 1.98. The molecule has 4 aliphatic rings. The molecule has 0 bridgehead atoms. The number of phenolic OH excluding ortho intramolecular Hbond substituents is 2. The van der Waals surface area contributed by atoms with Crippen molar-refractivity contribution < 1.29 is 35.1 Å². The van der Waals surface area contributed by atoms with Gasteiger partial charge in [-0.15, -0.1) is 0 Å². The number of aliphatic hydroxyl groups excluding tert-OH is 2. The first-order valence-electron chi connectivity index (χ1n) is 11.4. The van der Waals surface area contributed by atoms with Crippen molar-refractivity contribution in [2.45, 2.75) is 63.1 Å². The summed E-state index contributed by atoms with van der Waals surface area (Å²) in [5.41, 5.74) is -2.15. The van der Waals surface area contributed by atoms with Crippen LogP contribution in [0.15, 0.2) is 23.8 Å². The zero-order valence-electron chi connectivity index (χ0n) is 18.3. The molecule has 7 heteroatoms. The van der Waals surface area contributed by atoms with E-state index in [-0.39, 0.29) is 53.4 Å². The van der Waals surface area contributed by atoms with E-state index in [2.05, 4.69) is 0 Å². The van der Waals surface area contributed by atoms with E-state index in [1.165, 1.54) is 12.1 Å². The van der Waals surface area contributed by atoms with Gasteiger partial charge in [0.1, 0.15) is 23.7 Å². The number of phenols is 2. The fourth-order valence-corrected chi connectivity index (χ4v) is 8.09. The fraction of sp³-hybridized carbons (Fsp3) is 0.600. The van der Waals surface area contributed by atoms with E-state index in [9.17, 15) is 35.1 Å². The summed E-state index contributed by atoms with van der Waals surface area (Å²) < 4.78 is 0. The lowest BCUT2D eigenvalue weighted by Gasteiger charge is -2.60. The number of rotatable bonds is 2. The topological polar surface area (TPSA) is 135 Å². The van der Waals surface area contributed by atoms with Crippen LogP contribution in [-0.2, 0) is 10.2 Å². The number of aliphatic hydroxyl groups is 3. The minimum Gasteiger partial charge on any atom is -0.508 e. The highest BCUT2D eigenvalue weighted by Gasteiger charge is 2.69. The van der Waals surface area contributed by atoms with Crippen molar-refractivity contribution in [2.75, 3.05) is 6.61 Å². The molecule has 7 unspecified atom stereocenters. The number of allylic oxidation sites excluding steroid dienone is 2. The molecule has 3 fully saturated rings. The van der Waals surface area contributed by atoms with Crippen molar-refractivity contribution in [1.82, 2.24) is 0 Å². The van der Waals surface area contributed by atoms with Gasteiger partial charge in [0.25, 0.3) is 0 Å². The predicted molar refractivity (Wildman–Crippen MR) is 114 cm³/mol. The molecule has 5 N–H and O–H groups in total. The van der Waals surface area contributed by atoms with Crippen LogP contribution in [0.3, 0.4) is 0 Å². The Morgan fingerprint density at radius 2 is 1.84 bits per heavy atom. The van der Waals surface area contributed by atoms with E-state index in [0.717, 1.165) is 5.57 Å². The molecule has 172 valence electrons. The maximum absolute atomic E-state index is 12.8. The number of carbonyl (C=O) groups excluding carboxylic acids is 2. The van der Waals surface area contributed by atoms with Crippen LogP contribution < -0.4 is 0 Å². The van der Waals surface area contributed by atoms with Crippen molar-refractivity contribution in [3.63, 3.8) is 0 Å². The van der Waals surface area contributed by atoms with E-state index < -0.39 is 34.9 Å². The van der Waals surface area contributed by atoms with E-state index in [4.69, 9.17) is 0 Å². The molecular formula is C25H30O7. The Kier molecular flexibility index (Phi) is 4.49. The van der Waals surface area contributed by atoms with Crippen molar-refractivity contribution in [3.8, 4) is 11.5 Å². The van der Waals surface area contributed by atoms with Crippen molar-refractivity contribution in [1.29, 1.82) is 0 Å². The van der Waals surface area contributed by atoms with Crippen LogP contribution in [0.1, 0.15) is 61.9 Å². The molecule has 1 aromatic carbocycles. The van der Waals surface area contributed by atoms with Crippen LogP contribution >= 0.6 is 0 Å². The first-order valence-corrected chi connectivity index (χ1v) is 11.4. The lowest BCUT2D eigenvalue weighted by atomic mass is 9.44. The summed E-state index contributed by atoms with van der Waals surface area (Å²) in [6.07, 6.45) is 2.92. The Morgan fingerprint density at radius 3 is 2.53 bits per heavy atom. The van der Waals surface area contributed by atoms with Gasteiger partial charge in [0.15, 0.2) is 11.6 Å². The molecule has 4 aliphatic carbocycles. The highest BCUT2D eigenvalue weighted by molar-refractivity contribution is 6.10. The Hall–Kier alpha value is -2.22. The SMILES string of the molecule is CC12C(=CC(=O)c3c(O)ccc(O)c31)CCC1C2C(O)CC2(C)C1CCC2(O)C(=O)CO. The zero-order valence-corrected chi connectivity index (χ0v) is 18.3. The van der Waals surface area contributed by atoms with Gasteiger partial charge in [-0.05, 0) is 62.1 Å². The molecule has 3 saturated carbocycles. The van der Waals surface area contributed by atoms with E-state index in [0.29, 0.717) is 24.8 Å². The van der Waals surface area contributed by atoms with E-state index in [1.807, 2.05) is 13.8 Å². The van der Waals surface area contributed by atoms with E-state index in [1.54, 1.807) is 6.08 Å². The summed E-state index contributed by atoms with van der Waals surface area (Å²) in [5.74, 6) is -1.71. The fourth-order valence-electron chi connectivity index (χ4n) is 8.09. The Labute approximate surface area is 186 Å². The lowest BCUT2D eigenvalue weighted by Crippen LogP contribution is -2.63. The normalized spacial score (nSPS) is 42.4. The maximum atomic E-state index is 12.8. The maximum Gasteiger partial charge on any atom is 0.190 e. The number of hydrogen-bond acceptors (Lipinski definition) is 7. The molecule has 32 heavy (non-hydrogen) atoms. The summed E-state index contributed by atoms with van der Waals surface area (Å²) in [6.45, 7) is 3.02. The van der Waals surface area contributed by atoms with Gasteiger partial charge in [-0.3, -0.25) is 9.59 Å². The smallest absolute Gasteiger partial charge is 0.190 e. The summed E-state index contributed by atoms with van der Waals surface area (Å²) in [4.78, 5) is 25.4. The zero-order chi connectivity index (χ0) is 23.2. The second kappa shape index (κ2) is 6.65. The number of Topliss-reactive ketones (excluding diaryl/α,β-unsaturated/α-hetero) is 1. The van der Waals surface area contributed by atoms with Crippen LogP contribution in [0.4, 0.5) is 0 Å². The van der Waals surface area contributed by atoms with Crippen LogP contribution in [0.25, 0.3) is 0 Å². The number of aromatic hydroxyl groups is 2. The quantitative estimate of drug-likeness (QED) is 0.442. The van der Waals surface area contributed by atoms with Gasteiger partial charge in [0, 0.05) is 22.3 Å². The summed E-state index contributed by atoms with van der Waals surface area (Å²) in [5, 5.41) is 53.6. The van der Waals surface area contributed by atoms with Crippen LogP contribution in [0.2, 0.25) is 0 Å². The molecule has 0 heterocycles. The average molecular weight is 443 g/mol. The van der Waals surface area contributed by atoms with Gasteiger partial charge in [0.05, 0.1) is 11.7 Å². The minimum absolute atomic E-state index is 0.0599. The first kappa shape index (κ1) is 21.6. The van der Waals surface area contributed by atoms with Crippen molar-refractivity contribution in [3.05, 3.63) is 34.9 Å². The van der Waals surface area contributed by atoms with E-state index >= 15 is 0 Å². The van der Waals surface area contributed by atoms with Gasteiger partial charge >= 0.3 is 0 Å². The van der Waals surface area contributed by atoms with Gasteiger partial charge < -0.3 is 25.5 Å². The minimum atomic E-state index is -1.68. The van der Waals surface area contributed by atoms with Crippen LogP contribution in [0, 0.1) is 23.2 Å². The molecule has 0 aromatic heterocycles. The second-order valence-electron chi connectivity index (χ2n) is 10.6. The molecule has 0 spiro atoms. The number of benzene rings is 1. The van der Waals surface area contributed by atoms with Gasteiger partial charge in [-0.2, -0.15) is 0 Å². The average Bonchev–Trinajstić information content (AvgIpc) is 3.01. The molecule has 0 amide bonds. The lowest BCUT2D eigenvalue weighted by molar-refractivity contribution is -0.176. The molecule has 0 saturated heterocycles. The highest BCUT2D eigenvalue weighted by atomic mass is 16.3. The van der Waals surface area contributed by atoms with Gasteiger partial charge in [-0.1, -0.05) is 19.4 Å². The van der Waals surface area contributed by atoms with Gasteiger partial charge in [-0.25, -0.2) is 0 Å². The summed E-state index contributed by atoms with van der Waals surface area (Å²) >= 11 is 0. The number of carbonyl (C=O) groups is 2. The first-order chi connectivity index (χ1) is 15.0. The number of fused-ring (bicyclic) bond motifs is 7. The molecular weight excluding hydrogens is 412 g/mol. The standard InChI is InChI=1S/C25H30O7/c1-23-10-18(30)21-13(14(23)7-8-25(23,32)19(31)11-26)4-3-12-9-17(29)20-15(27)5-6-16(28)22(20)24(12,21)2/h5-6,9,13-14,18,21,26-28,30,32H,3-4,7-8,10-11H2,1-2H3. The largest absolute Gasteiger partial charge is 0.508 e. The molecule has 1 aromatic rings. The van der Waals surface area contributed by atoms with Crippen molar-refractivity contribution >= 4 is 11.6 Å². The molecule has 5 rings (SSSR count). The number of hydrogen-bond donors (Lipinski definition) is 5. The Bertz CT molecular complexity index is 1060. The molecule has 7 atom stereocenters. The van der Waals surface area contributed by atoms with Gasteiger partial charge in [0.2, 0.25) is 0 Å². The molecule has 0 radical (unpaired) electrons. The summed E-state index contributed by atoms with van der Waals surface area (Å²) in [7, 11) is 0. The summed E-state index contributed by atoms with van der Waals surface area (Å²) in [6, 6.07) is 2.69. The number of ketones is 2. The van der Waals surface area contributed by atoms with Crippen LogP contribution in [0.5, 0.6) is 11.5 Å². The third-order valence-electron chi connectivity index (χ3n) is 9.52. The third kappa shape index (κ3) is 2.37.